The first-order valence-corrected chi connectivity index (χ1v) is 9.39. The summed E-state index contributed by atoms with van der Waals surface area (Å²) in [6.45, 7) is 2.97. The Kier molecular flexibility index (Phi) is 6.52. The van der Waals surface area contributed by atoms with E-state index in [1.165, 1.54) is 23.7 Å². The van der Waals surface area contributed by atoms with E-state index >= 15 is 0 Å². The van der Waals surface area contributed by atoms with Gasteiger partial charge in [-0.2, -0.15) is 9.78 Å². The number of aryl methyl sites for hydroxylation is 1. The summed E-state index contributed by atoms with van der Waals surface area (Å²) >= 11 is 0. The summed E-state index contributed by atoms with van der Waals surface area (Å²) in [7, 11) is 1.46. The van der Waals surface area contributed by atoms with Crippen LogP contribution in [0.15, 0.2) is 41.2 Å². The number of hydrogen-bond donors (Lipinski definition) is 0. The third-order valence-corrected chi connectivity index (χ3v) is 4.37. The minimum atomic E-state index is -1.03. The molecule has 0 aliphatic heterocycles. The molecule has 0 N–H and O–H groups in total. The van der Waals surface area contributed by atoms with E-state index < -0.39 is 34.7 Å². The van der Waals surface area contributed by atoms with Gasteiger partial charge in [-0.05, 0) is 26.0 Å². The highest BCUT2D eigenvalue weighted by molar-refractivity contribution is 5.71. The third-order valence-electron chi connectivity index (χ3n) is 4.37. The van der Waals surface area contributed by atoms with Crippen molar-refractivity contribution in [1.29, 1.82) is 0 Å². The van der Waals surface area contributed by atoms with Gasteiger partial charge < -0.3 is 14.2 Å². The molecule has 11 nitrogen and oxygen atoms in total. The van der Waals surface area contributed by atoms with Crippen molar-refractivity contribution in [3.8, 4) is 22.9 Å². The second kappa shape index (κ2) is 9.29. The van der Waals surface area contributed by atoms with E-state index in [4.69, 9.17) is 14.2 Å². The van der Waals surface area contributed by atoms with Crippen LogP contribution in [0.3, 0.4) is 0 Å². The summed E-state index contributed by atoms with van der Waals surface area (Å²) in [5.74, 6) is -1.55. The predicted octanol–water partition coefficient (Wildman–Crippen LogP) is 2.66. The van der Waals surface area contributed by atoms with Gasteiger partial charge >= 0.3 is 17.3 Å². The standard InChI is InChI=1S/C20H19FN4O7/c1-4-30-19(26)11-31-16-7-5-6-8-17(16)32-18-10-14(13(21)9-15(18)25(28)29)24-20(27)23(3)12(2)22-24/h5-10H,4,11H2,1-3H3. The van der Waals surface area contributed by atoms with Crippen LogP contribution >= 0.6 is 0 Å². The lowest BCUT2D eigenvalue weighted by Crippen LogP contribution is -2.22. The zero-order valence-electron chi connectivity index (χ0n) is 17.4. The number of carbonyl (C=O) groups is 1. The predicted molar refractivity (Wildman–Crippen MR) is 109 cm³/mol. The number of rotatable bonds is 8. The molecule has 3 rings (SSSR count). The van der Waals surface area contributed by atoms with Crippen LogP contribution in [0.1, 0.15) is 12.7 Å². The Balaban J connectivity index is 2.03. The SMILES string of the molecule is CCOC(=O)COc1ccccc1Oc1cc(-n2nc(C)n(C)c2=O)c(F)cc1[N+](=O)[O-]. The van der Waals surface area contributed by atoms with Crippen LogP contribution in [0.5, 0.6) is 17.2 Å². The van der Waals surface area contributed by atoms with E-state index in [9.17, 15) is 24.1 Å². The van der Waals surface area contributed by atoms with Gasteiger partial charge in [-0.25, -0.2) is 14.0 Å². The molecular weight excluding hydrogens is 427 g/mol. The van der Waals surface area contributed by atoms with Crippen molar-refractivity contribution in [1.82, 2.24) is 14.3 Å². The quantitative estimate of drug-likeness (QED) is 0.294. The average molecular weight is 446 g/mol. The number of esters is 1. The summed E-state index contributed by atoms with van der Waals surface area (Å²) in [5, 5.41) is 15.5. The van der Waals surface area contributed by atoms with Crippen LogP contribution in [0.4, 0.5) is 10.1 Å². The summed E-state index contributed by atoms with van der Waals surface area (Å²) < 4.78 is 32.5. The van der Waals surface area contributed by atoms with Gasteiger partial charge in [0.1, 0.15) is 11.5 Å². The zero-order chi connectivity index (χ0) is 23.4. The van der Waals surface area contributed by atoms with Gasteiger partial charge in [0.25, 0.3) is 0 Å². The fourth-order valence-electron chi connectivity index (χ4n) is 2.72. The number of hydrogen-bond acceptors (Lipinski definition) is 8. The van der Waals surface area contributed by atoms with Gasteiger partial charge in [-0.3, -0.25) is 14.7 Å². The lowest BCUT2D eigenvalue weighted by molar-refractivity contribution is -0.385. The maximum absolute atomic E-state index is 14.7. The number of carbonyl (C=O) groups excluding carboxylic acids is 1. The number of nitro benzene ring substituents is 1. The minimum absolute atomic E-state index is 0.0296. The summed E-state index contributed by atoms with van der Waals surface area (Å²) in [4.78, 5) is 34.6. The molecule has 2 aromatic carbocycles. The van der Waals surface area contributed by atoms with E-state index in [0.717, 1.165) is 10.7 Å². The molecule has 0 spiro atoms. The van der Waals surface area contributed by atoms with Crippen molar-refractivity contribution in [2.45, 2.75) is 13.8 Å². The van der Waals surface area contributed by atoms with Crippen LogP contribution < -0.4 is 15.2 Å². The van der Waals surface area contributed by atoms with Crippen LogP contribution in [-0.2, 0) is 16.6 Å². The molecule has 0 aliphatic rings. The van der Waals surface area contributed by atoms with Gasteiger partial charge in [0.15, 0.2) is 23.9 Å². The molecule has 0 radical (unpaired) electrons. The van der Waals surface area contributed by atoms with Gasteiger partial charge in [0.05, 0.1) is 17.6 Å². The Morgan fingerprint density at radius 2 is 1.91 bits per heavy atom. The first-order valence-electron chi connectivity index (χ1n) is 9.39. The van der Waals surface area contributed by atoms with E-state index in [1.54, 1.807) is 26.0 Å². The molecule has 3 aromatic rings. The van der Waals surface area contributed by atoms with Crippen molar-refractivity contribution in [3.63, 3.8) is 0 Å². The lowest BCUT2D eigenvalue weighted by Gasteiger charge is -2.13. The monoisotopic (exact) mass is 446 g/mol. The second-order valence-corrected chi connectivity index (χ2v) is 6.47. The maximum atomic E-state index is 14.7. The number of benzene rings is 2. The Bertz CT molecular complexity index is 1240. The van der Waals surface area contributed by atoms with E-state index in [2.05, 4.69) is 5.10 Å². The number of nitro groups is 1. The summed E-state index contributed by atoms with van der Waals surface area (Å²) in [6, 6.07) is 7.76. The van der Waals surface area contributed by atoms with Crippen LogP contribution in [0, 0.1) is 22.9 Å². The molecule has 0 aliphatic carbocycles. The first kappa shape index (κ1) is 22.5. The maximum Gasteiger partial charge on any atom is 0.350 e. The zero-order valence-corrected chi connectivity index (χ0v) is 17.4. The van der Waals surface area contributed by atoms with Crippen molar-refractivity contribution in [2.24, 2.45) is 7.05 Å². The fourth-order valence-corrected chi connectivity index (χ4v) is 2.72. The first-order chi connectivity index (χ1) is 15.2. The van der Waals surface area contributed by atoms with E-state index in [-0.39, 0.29) is 29.5 Å². The highest BCUT2D eigenvalue weighted by Gasteiger charge is 2.24. The largest absolute Gasteiger partial charge is 0.478 e. The van der Waals surface area contributed by atoms with Crippen LogP contribution in [0.2, 0.25) is 0 Å². The number of ether oxygens (including phenoxy) is 3. The number of halogens is 1. The molecule has 0 atom stereocenters. The van der Waals surface area contributed by atoms with Crippen molar-refractivity contribution < 1.29 is 28.3 Å². The molecule has 1 heterocycles. The van der Waals surface area contributed by atoms with E-state index in [1.807, 2.05) is 0 Å². The fraction of sp³-hybridized carbons (Fsp3) is 0.250. The van der Waals surface area contributed by atoms with Crippen LogP contribution in [0.25, 0.3) is 5.69 Å². The highest BCUT2D eigenvalue weighted by atomic mass is 19.1. The van der Waals surface area contributed by atoms with Gasteiger partial charge in [-0.15, -0.1) is 0 Å². The topological polar surface area (TPSA) is 128 Å². The molecule has 0 unspecified atom stereocenters. The smallest absolute Gasteiger partial charge is 0.350 e. The van der Waals surface area contributed by atoms with Gasteiger partial charge in [0, 0.05) is 13.1 Å². The molecule has 0 saturated heterocycles. The Hall–Kier alpha value is -4.22. The van der Waals surface area contributed by atoms with Crippen molar-refractivity contribution in [2.75, 3.05) is 13.2 Å². The number of nitrogens with zero attached hydrogens (tertiary/aromatic N) is 4. The van der Waals surface area contributed by atoms with Crippen LogP contribution in [-0.4, -0.2) is 38.5 Å². The summed E-state index contributed by atoms with van der Waals surface area (Å²) in [5.41, 5.74) is -1.64. The number of para-hydroxylation sites is 2. The molecule has 32 heavy (non-hydrogen) atoms. The molecule has 0 saturated carbocycles. The molecule has 0 fully saturated rings. The van der Waals surface area contributed by atoms with Crippen molar-refractivity contribution in [3.05, 3.63) is 68.6 Å². The normalized spacial score (nSPS) is 10.6. The Morgan fingerprint density at radius 3 is 2.50 bits per heavy atom. The molecule has 168 valence electrons. The molecular formula is C20H19FN4O7. The lowest BCUT2D eigenvalue weighted by atomic mass is 10.2. The van der Waals surface area contributed by atoms with E-state index in [0.29, 0.717) is 11.9 Å². The molecule has 0 amide bonds. The Morgan fingerprint density at radius 1 is 1.22 bits per heavy atom. The number of aromatic nitrogens is 3. The molecule has 0 bridgehead atoms. The molecule has 1 aromatic heterocycles. The Labute approximate surface area is 180 Å². The minimum Gasteiger partial charge on any atom is -0.478 e. The van der Waals surface area contributed by atoms with Crippen molar-refractivity contribution >= 4 is 11.7 Å². The second-order valence-electron chi connectivity index (χ2n) is 6.47. The van der Waals surface area contributed by atoms with Gasteiger partial charge in [0.2, 0.25) is 5.75 Å². The van der Waals surface area contributed by atoms with Gasteiger partial charge in [-0.1, -0.05) is 12.1 Å². The summed E-state index contributed by atoms with van der Waals surface area (Å²) in [6.07, 6.45) is 0. The third kappa shape index (κ3) is 4.58. The average Bonchev–Trinajstić information content (AvgIpc) is 3.01. The molecule has 12 heteroatoms. The highest BCUT2D eigenvalue weighted by Crippen LogP contribution is 2.38.